The zero-order valence-corrected chi connectivity index (χ0v) is 14.5. The summed E-state index contributed by atoms with van der Waals surface area (Å²) in [4.78, 5) is 24.5. The quantitative estimate of drug-likeness (QED) is 0.822. The molecule has 1 aliphatic carbocycles. The molecule has 3 rings (SSSR count). The number of hydrogen-bond donors (Lipinski definition) is 2. The van der Waals surface area contributed by atoms with E-state index in [2.05, 4.69) is 27.2 Å². The van der Waals surface area contributed by atoms with Gasteiger partial charge in [-0.05, 0) is 50.2 Å². The van der Waals surface area contributed by atoms with Crippen LogP contribution >= 0.6 is 11.8 Å². The standard InChI is InChI=1S/C17H24N4OS/c1-3-14(16(22)19-12-8-6-11(2)7-9-12)23-17-20-13-5-4-10-18-15(13)21-17/h4-5,10-12,14H,3,6-9H2,1-2H3,(H,19,22)(H,18,20,21)/t11?,12?,14-/m0/s1. The summed E-state index contributed by atoms with van der Waals surface area (Å²) in [5.74, 6) is 0.924. The summed E-state index contributed by atoms with van der Waals surface area (Å²) in [5.41, 5.74) is 1.61. The Labute approximate surface area is 141 Å². The van der Waals surface area contributed by atoms with E-state index in [-0.39, 0.29) is 11.2 Å². The number of carbonyl (C=O) groups is 1. The van der Waals surface area contributed by atoms with Crippen molar-refractivity contribution >= 4 is 28.8 Å². The van der Waals surface area contributed by atoms with Crippen LogP contribution in [0.2, 0.25) is 0 Å². The number of carbonyl (C=O) groups excluding carboxylic acids is 1. The third-order valence-corrected chi connectivity index (χ3v) is 5.76. The molecule has 23 heavy (non-hydrogen) atoms. The number of amides is 1. The lowest BCUT2D eigenvalue weighted by atomic mass is 9.87. The molecular weight excluding hydrogens is 308 g/mol. The van der Waals surface area contributed by atoms with Crippen molar-refractivity contribution in [2.75, 3.05) is 0 Å². The van der Waals surface area contributed by atoms with Gasteiger partial charge in [0.05, 0.1) is 10.8 Å². The molecule has 0 aromatic carbocycles. The first-order valence-electron chi connectivity index (χ1n) is 8.43. The lowest BCUT2D eigenvalue weighted by Gasteiger charge is -2.28. The molecule has 0 saturated heterocycles. The van der Waals surface area contributed by atoms with Gasteiger partial charge >= 0.3 is 0 Å². The Morgan fingerprint density at radius 2 is 2.22 bits per heavy atom. The molecule has 2 heterocycles. The first-order chi connectivity index (χ1) is 11.2. The lowest BCUT2D eigenvalue weighted by Crippen LogP contribution is -2.41. The number of pyridine rings is 1. The van der Waals surface area contributed by atoms with Crippen LogP contribution in [0.3, 0.4) is 0 Å². The molecule has 2 N–H and O–H groups in total. The van der Waals surface area contributed by atoms with Gasteiger partial charge in [-0.3, -0.25) is 4.79 Å². The highest BCUT2D eigenvalue weighted by atomic mass is 32.2. The molecule has 0 aliphatic heterocycles. The minimum Gasteiger partial charge on any atom is -0.352 e. The molecule has 2 aromatic rings. The van der Waals surface area contributed by atoms with Crippen molar-refractivity contribution in [1.82, 2.24) is 20.3 Å². The third kappa shape index (κ3) is 4.05. The van der Waals surface area contributed by atoms with E-state index < -0.39 is 0 Å². The van der Waals surface area contributed by atoms with E-state index in [0.29, 0.717) is 11.7 Å². The number of nitrogens with zero attached hydrogens (tertiary/aromatic N) is 2. The second-order valence-corrected chi connectivity index (χ2v) is 7.59. The summed E-state index contributed by atoms with van der Waals surface area (Å²) in [6, 6.07) is 4.16. The summed E-state index contributed by atoms with van der Waals surface area (Å²) < 4.78 is 0. The van der Waals surface area contributed by atoms with Crippen LogP contribution in [0.25, 0.3) is 11.2 Å². The second-order valence-electron chi connectivity index (χ2n) is 6.40. The van der Waals surface area contributed by atoms with Gasteiger partial charge in [0, 0.05) is 12.2 Å². The number of nitrogens with one attached hydrogen (secondary N) is 2. The minimum absolute atomic E-state index is 0.116. The van der Waals surface area contributed by atoms with Gasteiger partial charge in [-0.25, -0.2) is 9.97 Å². The van der Waals surface area contributed by atoms with Crippen LogP contribution in [-0.4, -0.2) is 32.2 Å². The number of thioether (sulfide) groups is 1. The van der Waals surface area contributed by atoms with E-state index in [4.69, 9.17) is 0 Å². The van der Waals surface area contributed by atoms with Crippen LogP contribution in [0.4, 0.5) is 0 Å². The lowest BCUT2D eigenvalue weighted by molar-refractivity contribution is -0.121. The van der Waals surface area contributed by atoms with Gasteiger partial charge in [-0.15, -0.1) is 0 Å². The summed E-state index contributed by atoms with van der Waals surface area (Å²) in [7, 11) is 0. The molecule has 1 amide bonds. The fourth-order valence-electron chi connectivity index (χ4n) is 3.03. The van der Waals surface area contributed by atoms with E-state index in [9.17, 15) is 4.79 Å². The fraction of sp³-hybridized carbons (Fsp3) is 0.588. The number of fused-ring (bicyclic) bond motifs is 1. The van der Waals surface area contributed by atoms with Crippen LogP contribution in [0.1, 0.15) is 46.0 Å². The molecule has 6 heteroatoms. The van der Waals surface area contributed by atoms with Gasteiger partial charge in [0.15, 0.2) is 10.8 Å². The van der Waals surface area contributed by atoms with Crippen LogP contribution in [-0.2, 0) is 4.79 Å². The Morgan fingerprint density at radius 3 is 2.91 bits per heavy atom. The van der Waals surface area contributed by atoms with Gasteiger partial charge < -0.3 is 10.3 Å². The van der Waals surface area contributed by atoms with Crippen molar-refractivity contribution in [3.63, 3.8) is 0 Å². The van der Waals surface area contributed by atoms with Crippen molar-refractivity contribution < 1.29 is 4.79 Å². The molecule has 124 valence electrons. The largest absolute Gasteiger partial charge is 0.352 e. The minimum atomic E-state index is -0.116. The monoisotopic (exact) mass is 332 g/mol. The van der Waals surface area contributed by atoms with E-state index in [1.165, 1.54) is 24.6 Å². The van der Waals surface area contributed by atoms with Crippen molar-refractivity contribution in [1.29, 1.82) is 0 Å². The number of imidazole rings is 1. The number of aromatic nitrogens is 3. The van der Waals surface area contributed by atoms with Crippen molar-refractivity contribution in [2.24, 2.45) is 5.92 Å². The summed E-state index contributed by atoms with van der Waals surface area (Å²) in [6.45, 7) is 4.33. The topological polar surface area (TPSA) is 70.7 Å². The van der Waals surface area contributed by atoms with E-state index in [1.807, 2.05) is 19.1 Å². The average molecular weight is 332 g/mol. The van der Waals surface area contributed by atoms with Crippen molar-refractivity contribution in [3.05, 3.63) is 18.3 Å². The maximum absolute atomic E-state index is 12.6. The van der Waals surface area contributed by atoms with Crippen molar-refractivity contribution in [2.45, 2.75) is 62.4 Å². The third-order valence-electron chi connectivity index (χ3n) is 4.52. The maximum atomic E-state index is 12.6. The Kier molecular flexibility index (Phi) is 5.20. The normalized spacial score (nSPS) is 22.9. The van der Waals surface area contributed by atoms with E-state index in [0.717, 1.165) is 35.9 Å². The van der Waals surface area contributed by atoms with Gasteiger partial charge in [0.1, 0.15) is 0 Å². The highest BCUT2D eigenvalue weighted by Gasteiger charge is 2.25. The van der Waals surface area contributed by atoms with Crippen LogP contribution < -0.4 is 5.32 Å². The number of H-pyrrole nitrogens is 1. The zero-order valence-electron chi connectivity index (χ0n) is 13.7. The highest BCUT2D eigenvalue weighted by Crippen LogP contribution is 2.27. The van der Waals surface area contributed by atoms with Gasteiger partial charge in [-0.2, -0.15) is 0 Å². The molecule has 1 fully saturated rings. The number of aromatic amines is 1. The van der Waals surface area contributed by atoms with Crippen molar-refractivity contribution in [3.8, 4) is 0 Å². The predicted octanol–water partition coefficient (Wildman–Crippen LogP) is 3.52. The second kappa shape index (κ2) is 7.34. The summed E-state index contributed by atoms with van der Waals surface area (Å²) in [6.07, 6.45) is 7.13. The smallest absolute Gasteiger partial charge is 0.233 e. The summed E-state index contributed by atoms with van der Waals surface area (Å²) >= 11 is 1.49. The molecule has 2 aromatic heterocycles. The molecule has 0 radical (unpaired) electrons. The Bertz CT molecular complexity index is 630. The Balaban J connectivity index is 1.61. The van der Waals surface area contributed by atoms with Gasteiger partial charge in [0.25, 0.3) is 0 Å². The molecule has 5 nitrogen and oxygen atoms in total. The molecular formula is C17H24N4OS. The van der Waals surface area contributed by atoms with Gasteiger partial charge in [-0.1, -0.05) is 25.6 Å². The molecule has 1 saturated carbocycles. The van der Waals surface area contributed by atoms with Crippen LogP contribution in [0, 0.1) is 5.92 Å². The first kappa shape index (κ1) is 16.3. The Morgan fingerprint density at radius 1 is 1.43 bits per heavy atom. The average Bonchev–Trinajstić information content (AvgIpc) is 2.97. The number of rotatable bonds is 5. The Hall–Kier alpha value is -1.56. The summed E-state index contributed by atoms with van der Waals surface area (Å²) in [5, 5.41) is 3.87. The predicted molar refractivity (Wildman–Crippen MR) is 93.4 cm³/mol. The fourth-order valence-corrected chi connectivity index (χ4v) is 3.95. The molecule has 0 bridgehead atoms. The molecule has 1 atom stereocenters. The number of hydrogen-bond acceptors (Lipinski definition) is 4. The van der Waals surface area contributed by atoms with Crippen LogP contribution in [0.15, 0.2) is 23.5 Å². The first-order valence-corrected chi connectivity index (χ1v) is 9.31. The highest BCUT2D eigenvalue weighted by molar-refractivity contribution is 8.00. The SMILES string of the molecule is CC[C@H](Sc1nc2ncccc2[nH]1)C(=O)NC1CCC(C)CC1. The zero-order chi connectivity index (χ0) is 16.2. The van der Waals surface area contributed by atoms with E-state index in [1.54, 1.807) is 6.20 Å². The van der Waals surface area contributed by atoms with Gasteiger partial charge in [0.2, 0.25) is 5.91 Å². The molecule has 0 spiro atoms. The molecule has 1 aliphatic rings. The molecule has 0 unspecified atom stereocenters. The maximum Gasteiger partial charge on any atom is 0.233 e. The van der Waals surface area contributed by atoms with E-state index >= 15 is 0 Å². The van der Waals surface area contributed by atoms with Crippen LogP contribution in [0.5, 0.6) is 0 Å².